The summed E-state index contributed by atoms with van der Waals surface area (Å²) in [5.41, 5.74) is 1.45. The van der Waals surface area contributed by atoms with Gasteiger partial charge in [0.1, 0.15) is 18.5 Å². The molecule has 0 aliphatic rings. The molecule has 1 unspecified atom stereocenters. The van der Waals surface area contributed by atoms with Crippen molar-refractivity contribution in [3.8, 4) is 5.88 Å². The number of benzene rings is 1. The van der Waals surface area contributed by atoms with Gasteiger partial charge in [-0.1, -0.05) is 49.1 Å². The van der Waals surface area contributed by atoms with Crippen molar-refractivity contribution in [2.24, 2.45) is 0 Å². The summed E-state index contributed by atoms with van der Waals surface area (Å²) in [7, 11) is 1.47. The molecule has 0 aliphatic heterocycles. The van der Waals surface area contributed by atoms with Crippen molar-refractivity contribution in [2.45, 2.75) is 12.6 Å². The van der Waals surface area contributed by atoms with Crippen LogP contribution in [0.2, 0.25) is 0 Å². The van der Waals surface area contributed by atoms with Crippen molar-refractivity contribution in [2.75, 3.05) is 12.4 Å². The molecule has 2 aromatic rings. The SMILES string of the molecule is C=Cc1ccc(OC)nc1NC(=O)C(C=C)NC(=O)OCc1ccccc1. The van der Waals surface area contributed by atoms with Gasteiger partial charge in [-0.2, -0.15) is 4.98 Å². The Morgan fingerprint density at radius 2 is 1.93 bits per heavy atom. The van der Waals surface area contributed by atoms with Gasteiger partial charge >= 0.3 is 6.09 Å². The number of rotatable bonds is 8. The third-order valence-corrected chi connectivity index (χ3v) is 3.58. The van der Waals surface area contributed by atoms with Crippen LogP contribution in [0.3, 0.4) is 0 Å². The van der Waals surface area contributed by atoms with Gasteiger partial charge in [0.25, 0.3) is 5.91 Å². The van der Waals surface area contributed by atoms with Crippen LogP contribution in [-0.4, -0.2) is 30.1 Å². The van der Waals surface area contributed by atoms with Gasteiger partial charge in [-0.05, 0) is 11.6 Å². The maximum atomic E-state index is 12.5. The van der Waals surface area contributed by atoms with Crippen LogP contribution in [0.1, 0.15) is 11.1 Å². The normalized spacial score (nSPS) is 11.0. The van der Waals surface area contributed by atoms with E-state index in [1.54, 1.807) is 18.2 Å². The van der Waals surface area contributed by atoms with E-state index in [9.17, 15) is 9.59 Å². The Kier molecular flexibility index (Phi) is 7.13. The van der Waals surface area contributed by atoms with Crippen molar-refractivity contribution in [1.82, 2.24) is 10.3 Å². The van der Waals surface area contributed by atoms with Gasteiger partial charge in [-0.15, -0.1) is 6.58 Å². The van der Waals surface area contributed by atoms with Gasteiger partial charge < -0.3 is 20.1 Å². The highest BCUT2D eigenvalue weighted by atomic mass is 16.5. The van der Waals surface area contributed by atoms with E-state index in [0.29, 0.717) is 11.4 Å². The highest BCUT2D eigenvalue weighted by molar-refractivity contribution is 5.98. The molecule has 1 aromatic heterocycles. The molecule has 1 aromatic carbocycles. The first-order valence-electron chi connectivity index (χ1n) is 8.15. The number of ether oxygens (including phenoxy) is 2. The minimum absolute atomic E-state index is 0.0935. The lowest BCUT2D eigenvalue weighted by Crippen LogP contribution is -2.42. The first kappa shape index (κ1) is 19.7. The van der Waals surface area contributed by atoms with Crippen LogP contribution in [0, 0.1) is 0 Å². The van der Waals surface area contributed by atoms with Crippen molar-refractivity contribution >= 4 is 23.9 Å². The van der Waals surface area contributed by atoms with Crippen molar-refractivity contribution in [3.63, 3.8) is 0 Å². The van der Waals surface area contributed by atoms with Gasteiger partial charge in [0, 0.05) is 11.6 Å². The Balaban J connectivity index is 1.98. The van der Waals surface area contributed by atoms with E-state index in [1.807, 2.05) is 30.3 Å². The minimum Gasteiger partial charge on any atom is -0.481 e. The predicted octanol–water partition coefficient (Wildman–Crippen LogP) is 3.15. The number of alkyl carbamates (subject to hydrolysis) is 1. The summed E-state index contributed by atoms with van der Waals surface area (Å²) < 4.78 is 10.2. The van der Waals surface area contributed by atoms with Crippen molar-refractivity contribution < 1.29 is 19.1 Å². The number of anilines is 1. The first-order chi connectivity index (χ1) is 13.1. The Morgan fingerprint density at radius 3 is 2.56 bits per heavy atom. The molecule has 0 spiro atoms. The van der Waals surface area contributed by atoms with Crippen molar-refractivity contribution in [1.29, 1.82) is 0 Å². The molecule has 7 heteroatoms. The quantitative estimate of drug-likeness (QED) is 0.700. The summed E-state index contributed by atoms with van der Waals surface area (Å²) in [6.45, 7) is 7.35. The summed E-state index contributed by atoms with van der Waals surface area (Å²) in [5.74, 6) is 0.0763. The third-order valence-electron chi connectivity index (χ3n) is 3.58. The molecule has 0 saturated heterocycles. The number of hydrogen-bond acceptors (Lipinski definition) is 5. The van der Waals surface area contributed by atoms with Crippen LogP contribution in [0.25, 0.3) is 6.08 Å². The predicted molar refractivity (Wildman–Crippen MR) is 103 cm³/mol. The highest BCUT2D eigenvalue weighted by Crippen LogP contribution is 2.19. The fourth-order valence-corrected chi connectivity index (χ4v) is 2.15. The van der Waals surface area contributed by atoms with E-state index in [0.717, 1.165) is 5.56 Å². The van der Waals surface area contributed by atoms with Crippen LogP contribution in [0.15, 0.2) is 61.7 Å². The molecule has 0 bridgehead atoms. The monoisotopic (exact) mass is 367 g/mol. The molecule has 140 valence electrons. The molecule has 0 fully saturated rings. The highest BCUT2D eigenvalue weighted by Gasteiger charge is 2.20. The molecule has 1 atom stereocenters. The zero-order valence-electron chi connectivity index (χ0n) is 15.0. The second kappa shape index (κ2) is 9.76. The second-order valence-corrected chi connectivity index (χ2v) is 5.40. The largest absolute Gasteiger partial charge is 0.481 e. The van der Waals surface area contributed by atoms with Crippen molar-refractivity contribution in [3.05, 3.63) is 72.8 Å². The number of pyridine rings is 1. The maximum absolute atomic E-state index is 12.5. The molecule has 7 nitrogen and oxygen atoms in total. The van der Waals surface area contributed by atoms with Crippen LogP contribution >= 0.6 is 0 Å². The van der Waals surface area contributed by atoms with E-state index >= 15 is 0 Å². The van der Waals surface area contributed by atoms with Gasteiger partial charge in [0.05, 0.1) is 7.11 Å². The number of nitrogens with zero attached hydrogens (tertiary/aromatic N) is 1. The molecule has 2 rings (SSSR count). The maximum Gasteiger partial charge on any atom is 0.408 e. The Hall–Kier alpha value is -3.61. The van der Waals surface area contributed by atoms with Gasteiger partial charge in [0.15, 0.2) is 0 Å². The fraction of sp³-hybridized carbons (Fsp3) is 0.150. The number of carbonyl (C=O) groups is 2. The lowest BCUT2D eigenvalue weighted by molar-refractivity contribution is -0.117. The number of carbonyl (C=O) groups excluding carboxylic acids is 2. The molecule has 2 N–H and O–H groups in total. The summed E-state index contributed by atoms with van der Waals surface area (Å²) in [6, 6.07) is 11.6. The Labute approximate surface area is 157 Å². The number of methoxy groups -OCH3 is 1. The topological polar surface area (TPSA) is 89.5 Å². The van der Waals surface area contributed by atoms with Crippen LogP contribution in [0.4, 0.5) is 10.6 Å². The van der Waals surface area contributed by atoms with Gasteiger partial charge in [0.2, 0.25) is 5.88 Å². The zero-order chi connectivity index (χ0) is 19.6. The standard InChI is InChI=1S/C20H21N3O4/c1-4-15-11-12-17(26-3)22-18(15)23-19(24)16(5-2)21-20(25)27-13-14-9-7-6-8-10-14/h4-12,16H,1-2,13H2,3H3,(H,21,25)(H,22,23,24). The average Bonchev–Trinajstić information content (AvgIpc) is 2.71. The number of nitrogens with one attached hydrogen (secondary N) is 2. The Morgan fingerprint density at radius 1 is 1.19 bits per heavy atom. The van der Waals surface area contributed by atoms with Crippen LogP contribution in [-0.2, 0) is 16.1 Å². The van der Waals surface area contributed by atoms with E-state index < -0.39 is 18.0 Å². The lowest BCUT2D eigenvalue weighted by Gasteiger charge is -2.16. The third kappa shape index (κ3) is 5.71. The van der Waals surface area contributed by atoms with Gasteiger partial charge in [-0.25, -0.2) is 4.79 Å². The summed E-state index contributed by atoms with van der Waals surface area (Å²) in [6.07, 6.45) is 2.11. The Bertz CT molecular complexity index is 821. The molecular weight excluding hydrogens is 346 g/mol. The molecular formula is C20H21N3O4. The first-order valence-corrected chi connectivity index (χ1v) is 8.15. The summed E-state index contributed by atoms with van der Waals surface area (Å²) in [5, 5.41) is 5.07. The molecule has 0 aliphatic carbocycles. The van der Waals surface area contributed by atoms with E-state index in [4.69, 9.17) is 9.47 Å². The average molecular weight is 367 g/mol. The lowest BCUT2D eigenvalue weighted by atomic mass is 10.2. The summed E-state index contributed by atoms with van der Waals surface area (Å²) in [4.78, 5) is 28.6. The minimum atomic E-state index is -1.00. The molecule has 1 heterocycles. The van der Waals surface area contributed by atoms with E-state index in [1.165, 1.54) is 13.2 Å². The smallest absolute Gasteiger partial charge is 0.408 e. The van der Waals surface area contributed by atoms with E-state index in [2.05, 4.69) is 28.8 Å². The van der Waals surface area contributed by atoms with Crippen LogP contribution in [0.5, 0.6) is 5.88 Å². The number of aromatic nitrogens is 1. The zero-order valence-corrected chi connectivity index (χ0v) is 15.0. The van der Waals surface area contributed by atoms with Crippen LogP contribution < -0.4 is 15.4 Å². The van der Waals surface area contributed by atoms with Gasteiger partial charge in [-0.3, -0.25) is 4.79 Å². The number of amides is 2. The molecule has 2 amide bonds. The fourth-order valence-electron chi connectivity index (χ4n) is 2.15. The molecule has 0 radical (unpaired) electrons. The van der Waals surface area contributed by atoms with E-state index in [-0.39, 0.29) is 12.4 Å². The summed E-state index contributed by atoms with van der Waals surface area (Å²) >= 11 is 0. The molecule has 27 heavy (non-hydrogen) atoms. The second-order valence-electron chi connectivity index (χ2n) is 5.40. The number of hydrogen-bond donors (Lipinski definition) is 2. The molecule has 0 saturated carbocycles.